The van der Waals surface area contributed by atoms with E-state index in [2.05, 4.69) is 34.9 Å². The van der Waals surface area contributed by atoms with Crippen LogP contribution in [-0.2, 0) is 75.2 Å². The lowest BCUT2D eigenvalue weighted by atomic mass is 9.95. The molecule has 6 aromatic heterocycles. The van der Waals surface area contributed by atoms with Gasteiger partial charge in [-0.25, -0.2) is 19.9 Å². The highest BCUT2D eigenvalue weighted by atomic mass is 32.1. The van der Waals surface area contributed by atoms with Crippen molar-refractivity contribution in [3.05, 3.63) is 82.4 Å². The molecule has 2 saturated carbocycles. The van der Waals surface area contributed by atoms with Crippen LogP contribution in [0.25, 0.3) is 45.4 Å². The van der Waals surface area contributed by atoms with E-state index >= 15 is 0 Å². The van der Waals surface area contributed by atoms with E-state index in [-0.39, 0.29) is 5.97 Å². The Morgan fingerprint density at radius 3 is 1.40 bits per heavy atom. The molecule has 0 aliphatic heterocycles. The average Bonchev–Trinajstić information content (AvgIpc) is 4.13. The molecule has 0 radical (unpaired) electrons. The third-order valence-corrected chi connectivity index (χ3v) is 10.4. The number of carboxylic acid groups (broad SMARTS) is 1. The predicted octanol–water partition coefficient (Wildman–Crippen LogP) is 4.78. The molecule has 0 aromatic carbocycles. The molecule has 6 heterocycles. The molecule has 18 heteroatoms. The molecule has 1 N–H and O–H groups in total. The average molecular weight is 815 g/mol. The fraction of sp³-hybridized carbons (Fsp3) is 0.385. The van der Waals surface area contributed by atoms with E-state index in [1.165, 1.54) is 7.11 Å². The summed E-state index contributed by atoms with van der Waals surface area (Å²) < 4.78 is 42.1. The minimum Gasteiger partial charge on any atom is -0.481 e. The third kappa shape index (κ3) is 8.32. The SMILES string of the molecule is CCc1cc(C2(C(=O)O)CC2)cnc1-c1nc2cc(C)cnc2n1C.CCc1cc(C2(C(=O)OC)CC2)cnc1-c1nc2cc(C)cnc2n1C.O=S=O.O=S=O. The highest BCUT2D eigenvalue weighted by molar-refractivity contribution is 7.51. The first-order valence-electron chi connectivity index (χ1n) is 18.0. The van der Waals surface area contributed by atoms with Crippen molar-refractivity contribution in [2.24, 2.45) is 14.1 Å². The second-order valence-electron chi connectivity index (χ2n) is 14.0. The maximum atomic E-state index is 12.2. The number of carbonyl (C=O) groups is 2. The Bertz CT molecular complexity index is 2550. The topological polar surface area (TPSA) is 219 Å². The van der Waals surface area contributed by atoms with Gasteiger partial charge in [-0.1, -0.05) is 26.0 Å². The van der Waals surface area contributed by atoms with Crippen LogP contribution in [-0.4, -0.2) is 80.0 Å². The van der Waals surface area contributed by atoms with Gasteiger partial charge in [-0.15, -0.1) is 0 Å². The minimum atomic E-state index is -0.758. The van der Waals surface area contributed by atoms with E-state index in [0.29, 0.717) is 12.8 Å². The zero-order chi connectivity index (χ0) is 41.7. The van der Waals surface area contributed by atoms with Crippen LogP contribution in [0.4, 0.5) is 0 Å². The third-order valence-electron chi connectivity index (χ3n) is 10.4. The molecule has 16 nitrogen and oxygen atoms in total. The molecule has 2 aliphatic carbocycles. The summed E-state index contributed by atoms with van der Waals surface area (Å²) in [5, 5.41) is 9.52. The smallest absolute Gasteiger partial charge is 0.335 e. The molecule has 2 aliphatic rings. The predicted molar refractivity (Wildman–Crippen MR) is 211 cm³/mol. The molecular formula is C39H42N8O8S2. The molecule has 298 valence electrons. The maximum Gasteiger partial charge on any atom is 0.335 e. The fourth-order valence-electron chi connectivity index (χ4n) is 6.94. The van der Waals surface area contributed by atoms with Crippen molar-refractivity contribution in [3.8, 4) is 23.0 Å². The monoisotopic (exact) mass is 814 g/mol. The maximum absolute atomic E-state index is 12.2. The zero-order valence-corrected chi connectivity index (χ0v) is 34.2. The Morgan fingerprint density at radius 2 is 1.07 bits per heavy atom. The van der Waals surface area contributed by atoms with Crippen molar-refractivity contribution in [2.45, 2.75) is 77.0 Å². The lowest BCUT2D eigenvalue weighted by molar-refractivity contribution is -0.143. The number of esters is 1. The highest BCUT2D eigenvalue weighted by Crippen LogP contribution is 2.50. The van der Waals surface area contributed by atoms with Gasteiger partial charge in [-0.05, 0) is 97.9 Å². The zero-order valence-electron chi connectivity index (χ0n) is 32.6. The Balaban J connectivity index is 0.000000192. The van der Waals surface area contributed by atoms with Gasteiger partial charge in [0.2, 0.25) is 0 Å². The largest absolute Gasteiger partial charge is 0.481 e. The molecule has 0 unspecified atom stereocenters. The summed E-state index contributed by atoms with van der Waals surface area (Å²) in [6.07, 6.45) is 11.8. The number of fused-ring (bicyclic) bond motifs is 2. The van der Waals surface area contributed by atoms with Gasteiger partial charge in [0.05, 0.1) is 17.9 Å². The number of carboxylic acids is 1. The molecule has 57 heavy (non-hydrogen) atoms. The van der Waals surface area contributed by atoms with Crippen molar-refractivity contribution in [3.63, 3.8) is 0 Å². The Labute approximate surface area is 335 Å². The van der Waals surface area contributed by atoms with Crippen LogP contribution < -0.4 is 0 Å². The van der Waals surface area contributed by atoms with Crippen LogP contribution in [0.5, 0.6) is 0 Å². The van der Waals surface area contributed by atoms with Crippen LogP contribution in [0.2, 0.25) is 0 Å². The summed E-state index contributed by atoms with van der Waals surface area (Å²) in [7, 11) is 5.33. The van der Waals surface area contributed by atoms with Crippen molar-refractivity contribution >= 4 is 57.4 Å². The molecule has 2 fully saturated rings. The summed E-state index contributed by atoms with van der Waals surface area (Å²) in [5.74, 6) is 0.629. The molecule has 0 spiro atoms. The van der Waals surface area contributed by atoms with Crippen LogP contribution in [0.1, 0.15) is 72.9 Å². The summed E-state index contributed by atoms with van der Waals surface area (Å²) in [4.78, 5) is 51.5. The number of ether oxygens (including phenoxy) is 1. The molecular weight excluding hydrogens is 773 g/mol. The van der Waals surface area contributed by atoms with Crippen molar-refractivity contribution in [2.75, 3.05) is 7.11 Å². The Morgan fingerprint density at radius 1 is 0.684 bits per heavy atom. The normalized spacial score (nSPS) is 14.2. The van der Waals surface area contributed by atoms with Gasteiger partial charge in [0, 0.05) is 38.9 Å². The number of hydrogen-bond donors (Lipinski definition) is 1. The van der Waals surface area contributed by atoms with Crippen LogP contribution in [0, 0.1) is 13.8 Å². The lowest BCUT2D eigenvalue weighted by Crippen LogP contribution is -2.22. The Kier molecular flexibility index (Phi) is 13.0. The number of hydrogen-bond acceptors (Lipinski definition) is 13. The van der Waals surface area contributed by atoms with E-state index in [0.717, 1.165) is 104 Å². The number of nitrogens with zero attached hydrogens (tertiary/aromatic N) is 8. The van der Waals surface area contributed by atoms with E-state index in [1.54, 1.807) is 12.4 Å². The summed E-state index contributed by atoms with van der Waals surface area (Å²) in [6.45, 7) is 8.14. The van der Waals surface area contributed by atoms with Gasteiger partial charge < -0.3 is 19.0 Å². The molecule has 0 saturated heterocycles. The number of aromatic nitrogens is 8. The van der Waals surface area contributed by atoms with Gasteiger partial charge in [0.25, 0.3) is 0 Å². The van der Waals surface area contributed by atoms with Crippen LogP contribution >= 0.6 is 0 Å². The van der Waals surface area contributed by atoms with Crippen molar-refractivity contribution < 1.29 is 36.3 Å². The summed E-state index contributed by atoms with van der Waals surface area (Å²) >= 11 is -1.50. The van der Waals surface area contributed by atoms with Gasteiger partial charge in [0.1, 0.15) is 22.4 Å². The standard InChI is InChI=1S/C20H22N4O2.C19H20N4O2.2O2S/c1-5-13-9-14(20(6-7-20)19(25)26-4)11-21-16(13)18-23-15-8-12(2)10-22-17(15)24(18)3;1-4-12-8-13(19(5-6-19)18(24)25)10-20-15(12)17-22-14-7-11(2)9-21-16(14)23(17)3;2*1-3-2/h8-11H,5-7H2,1-4H3;7-10H,4-6H2,1-3H3,(H,24,25);;. The first-order valence-corrected chi connectivity index (χ1v) is 19.4. The molecule has 0 atom stereocenters. The number of carbonyl (C=O) groups excluding carboxylic acids is 1. The van der Waals surface area contributed by atoms with E-state index in [4.69, 9.17) is 36.5 Å². The minimum absolute atomic E-state index is 0.170. The van der Waals surface area contributed by atoms with Crippen molar-refractivity contribution in [1.82, 2.24) is 39.0 Å². The Hall–Kier alpha value is -5.88. The number of aryl methyl sites for hydroxylation is 6. The van der Waals surface area contributed by atoms with E-state index < -0.39 is 39.9 Å². The van der Waals surface area contributed by atoms with Gasteiger partial charge in [0.15, 0.2) is 22.9 Å². The van der Waals surface area contributed by atoms with Crippen LogP contribution in [0.3, 0.4) is 0 Å². The van der Waals surface area contributed by atoms with Crippen LogP contribution in [0.15, 0.2) is 49.1 Å². The van der Waals surface area contributed by atoms with Gasteiger partial charge in [-0.3, -0.25) is 19.6 Å². The van der Waals surface area contributed by atoms with Crippen molar-refractivity contribution in [1.29, 1.82) is 0 Å². The molecule has 0 bridgehead atoms. The van der Waals surface area contributed by atoms with Gasteiger partial charge >= 0.3 is 35.1 Å². The highest BCUT2D eigenvalue weighted by Gasteiger charge is 2.53. The lowest BCUT2D eigenvalue weighted by Gasteiger charge is -2.15. The number of pyridine rings is 4. The summed E-state index contributed by atoms with van der Waals surface area (Å²) in [5.41, 5.74) is 9.74. The number of imidazole rings is 2. The molecule has 6 aromatic rings. The first kappa shape index (κ1) is 42.3. The summed E-state index contributed by atoms with van der Waals surface area (Å²) in [6, 6.07) is 8.11. The van der Waals surface area contributed by atoms with Gasteiger partial charge in [-0.2, -0.15) is 16.8 Å². The second-order valence-corrected chi connectivity index (χ2v) is 14.2. The van der Waals surface area contributed by atoms with E-state index in [1.807, 2.05) is 67.7 Å². The molecule has 0 amide bonds. The van der Waals surface area contributed by atoms with E-state index in [9.17, 15) is 14.7 Å². The molecule has 8 rings (SSSR count). The number of rotatable bonds is 8. The quantitative estimate of drug-likeness (QED) is 0.205. The first-order chi connectivity index (χ1) is 27.3. The number of methoxy groups -OCH3 is 1. The number of aliphatic carboxylic acids is 1. The second kappa shape index (κ2) is 17.5. The fourth-order valence-corrected chi connectivity index (χ4v) is 6.94.